The van der Waals surface area contributed by atoms with Gasteiger partial charge in [0.2, 0.25) is 0 Å². The molecule has 2 aromatic rings. The Morgan fingerprint density at radius 2 is 1.93 bits per heavy atom. The second-order valence-corrected chi connectivity index (χ2v) is 7.37. The molecule has 1 fully saturated rings. The van der Waals surface area contributed by atoms with E-state index < -0.39 is 0 Å². The Morgan fingerprint density at radius 1 is 1.22 bits per heavy atom. The summed E-state index contributed by atoms with van der Waals surface area (Å²) in [6, 6.07) is 9.06. The van der Waals surface area contributed by atoms with Gasteiger partial charge in [-0.25, -0.2) is 4.79 Å². The number of rotatable bonds is 7. The van der Waals surface area contributed by atoms with Crippen LogP contribution in [0.1, 0.15) is 41.5 Å². The van der Waals surface area contributed by atoms with Crippen LogP contribution in [0.15, 0.2) is 30.3 Å². The van der Waals surface area contributed by atoms with Gasteiger partial charge in [-0.3, -0.25) is 9.48 Å². The van der Waals surface area contributed by atoms with E-state index in [9.17, 15) is 9.59 Å². The Morgan fingerprint density at radius 3 is 2.52 bits per heavy atom. The van der Waals surface area contributed by atoms with Crippen LogP contribution in [-0.4, -0.2) is 34.3 Å². The fraction of sp³-hybridized carbons (Fsp3) is 0.450. The molecule has 3 N–H and O–H groups in total. The zero-order chi connectivity index (χ0) is 19.4. The van der Waals surface area contributed by atoms with Gasteiger partial charge in [0.25, 0.3) is 5.91 Å². The quantitative estimate of drug-likeness (QED) is 0.701. The smallest absolute Gasteiger partial charge is 0.319 e. The average Bonchev–Trinajstić information content (AvgIpc) is 3.37. The molecule has 0 unspecified atom stereocenters. The largest absolute Gasteiger partial charge is 0.352 e. The van der Waals surface area contributed by atoms with Crippen molar-refractivity contribution in [2.75, 3.05) is 11.9 Å². The first-order valence-corrected chi connectivity index (χ1v) is 9.37. The van der Waals surface area contributed by atoms with E-state index >= 15 is 0 Å². The van der Waals surface area contributed by atoms with E-state index in [1.165, 1.54) is 0 Å². The van der Waals surface area contributed by atoms with E-state index in [0.717, 1.165) is 30.8 Å². The average molecular weight is 369 g/mol. The van der Waals surface area contributed by atoms with Crippen LogP contribution in [0.2, 0.25) is 0 Å². The molecule has 27 heavy (non-hydrogen) atoms. The predicted octanol–water partition coefficient (Wildman–Crippen LogP) is 2.85. The highest BCUT2D eigenvalue weighted by molar-refractivity contribution is 5.95. The first-order chi connectivity index (χ1) is 12.9. The molecule has 0 radical (unpaired) electrons. The van der Waals surface area contributed by atoms with Crippen LogP contribution in [-0.2, 0) is 6.54 Å². The van der Waals surface area contributed by atoms with Crippen molar-refractivity contribution in [2.45, 2.75) is 46.2 Å². The number of carbonyl (C=O) groups excluding carboxylic acids is 2. The molecule has 1 aromatic carbocycles. The molecule has 3 amide bonds. The summed E-state index contributed by atoms with van der Waals surface area (Å²) in [5.41, 5.74) is 3.37. The van der Waals surface area contributed by atoms with Gasteiger partial charge in [0.1, 0.15) is 0 Å². The molecular weight excluding hydrogens is 342 g/mol. The van der Waals surface area contributed by atoms with Crippen molar-refractivity contribution >= 4 is 17.6 Å². The molecule has 0 bridgehead atoms. The monoisotopic (exact) mass is 369 g/mol. The minimum absolute atomic E-state index is 0.121. The lowest BCUT2D eigenvalue weighted by molar-refractivity contribution is 0.0946. The summed E-state index contributed by atoms with van der Waals surface area (Å²) in [5.74, 6) is 0.142. The third-order valence-corrected chi connectivity index (χ3v) is 4.52. The molecule has 1 aliphatic carbocycles. The summed E-state index contributed by atoms with van der Waals surface area (Å²) >= 11 is 0. The third-order valence-electron chi connectivity index (χ3n) is 4.52. The molecular formula is C20H27N5O2. The van der Waals surface area contributed by atoms with Gasteiger partial charge in [0.15, 0.2) is 0 Å². The summed E-state index contributed by atoms with van der Waals surface area (Å²) in [6.07, 6.45) is 2.09. The maximum atomic E-state index is 12.3. The van der Waals surface area contributed by atoms with Crippen LogP contribution in [0.5, 0.6) is 0 Å². The Kier molecular flexibility index (Phi) is 5.78. The number of hydrogen-bond donors (Lipinski definition) is 3. The van der Waals surface area contributed by atoms with Gasteiger partial charge >= 0.3 is 6.03 Å². The Labute approximate surface area is 159 Å². The molecule has 1 aromatic heterocycles. The fourth-order valence-corrected chi connectivity index (χ4v) is 2.87. The normalized spacial score (nSPS) is 14.5. The minimum atomic E-state index is -0.201. The lowest BCUT2D eigenvalue weighted by Crippen LogP contribution is -2.31. The maximum Gasteiger partial charge on any atom is 0.319 e. The maximum absolute atomic E-state index is 12.3. The highest BCUT2D eigenvalue weighted by Crippen LogP contribution is 2.19. The van der Waals surface area contributed by atoms with Gasteiger partial charge in [-0.2, -0.15) is 5.10 Å². The first kappa shape index (κ1) is 18.9. The number of hydrogen-bond acceptors (Lipinski definition) is 3. The summed E-state index contributed by atoms with van der Waals surface area (Å²) in [5, 5.41) is 13.0. The second-order valence-electron chi connectivity index (χ2n) is 7.37. The molecule has 7 heteroatoms. The zero-order valence-corrected chi connectivity index (χ0v) is 16.1. The van der Waals surface area contributed by atoms with Gasteiger partial charge in [0, 0.05) is 36.1 Å². The van der Waals surface area contributed by atoms with E-state index in [4.69, 9.17) is 0 Å². The van der Waals surface area contributed by atoms with Gasteiger partial charge in [-0.05, 0) is 62.9 Å². The molecule has 3 rings (SSSR count). The lowest BCUT2D eigenvalue weighted by atomic mass is 10.1. The molecule has 0 saturated heterocycles. The number of urea groups is 1. The minimum Gasteiger partial charge on any atom is -0.352 e. The predicted molar refractivity (Wildman–Crippen MR) is 105 cm³/mol. The highest BCUT2D eigenvalue weighted by Gasteiger charge is 2.23. The van der Waals surface area contributed by atoms with Crippen molar-refractivity contribution in [1.82, 2.24) is 20.4 Å². The Bertz CT molecular complexity index is 808. The number of amides is 3. The Hall–Kier alpha value is -2.83. The van der Waals surface area contributed by atoms with Crippen LogP contribution in [0.3, 0.4) is 0 Å². The second kappa shape index (κ2) is 8.24. The van der Waals surface area contributed by atoms with Gasteiger partial charge in [0.05, 0.1) is 5.69 Å². The number of anilines is 1. The Balaban J connectivity index is 1.45. The van der Waals surface area contributed by atoms with Crippen molar-refractivity contribution < 1.29 is 9.59 Å². The first-order valence-electron chi connectivity index (χ1n) is 9.37. The number of nitrogens with zero attached hydrogens (tertiary/aromatic N) is 2. The van der Waals surface area contributed by atoms with Crippen LogP contribution in [0.4, 0.5) is 10.5 Å². The lowest BCUT2D eigenvalue weighted by Gasteiger charge is -2.14. The van der Waals surface area contributed by atoms with Crippen LogP contribution in [0.25, 0.3) is 0 Å². The van der Waals surface area contributed by atoms with Crippen LogP contribution >= 0.6 is 0 Å². The molecule has 144 valence electrons. The molecule has 1 saturated carbocycles. The molecule has 1 heterocycles. The fourth-order valence-electron chi connectivity index (χ4n) is 2.87. The van der Waals surface area contributed by atoms with Crippen molar-refractivity contribution in [3.63, 3.8) is 0 Å². The molecule has 0 spiro atoms. The summed E-state index contributed by atoms with van der Waals surface area (Å²) in [6.45, 7) is 7.43. The van der Waals surface area contributed by atoms with E-state index in [0.29, 0.717) is 23.8 Å². The molecule has 7 nitrogen and oxygen atoms in total. The number of nitrogens with one attached hydrogen (secondary N) is 3. The summed E-state index contributed by atoms with van der Waals surface area (Å²) in [4.78, 5) is 24.1. The number of benzene rings is 1. The van der Waals surface area contributed by atoms with Crippen LogP contribution < -0.4 is 16.0 Å². The van der Waals surface area contributed by atoms with Crippen LogP contribution in [0, 0.1) is 19.8 Å². The van der Waals surface area contributed by atoms with Gasteiger partial charge < -0.3 is 16.0 Å². The van der Waals surface area contributed by atoms with E-state index in [-0.39, 0.29) is 17.9 Å². The van der Waals surface area contributed by atoms with E-state index in [1.807, 2.05) is 24.6 Å². The van der Waals surface area contributed by atoms with E-state index in [2.05, 4.69) is 28.0 Å². The SMILES string of the molecule is Cc1cc(C)n(C[C@@H](C)CNC(=O)c2ccc(NC(=O)NC3CC3)cc2)n1. The van der Waals surface area contributed by atoms with E-state index in [1.54, 1.807) is 24.3 Å². The standard InChI is InChI=1S/C20H27N5O2/c1-13(12-25-15(3)10-14(2)24-25)11-21-19(26)16-4-6-17(7-5-16)22-20(27)23-18-8-9-18/h4-7,10,13,18H,8-9,11-12H2,1-3H3,(H,21,26)(H2,22,23,27)/t13-/m0/s1. The third kappa shape index (κ3) is 5.57. The number of aryl methyl sites for hydroxylation is 2. The van der Waals surface area contributed by atoms with Gasteiger partial charge in [-0.15, -0.1) is 0 Å². The molecule has 1 atom stereocenters. The van der Waals surface area contributed by atoms with Crippen molar-refractivity contribution in [1.29, 1.82) is 0 Å². The summed E-state index contributed by atoms with van der Waals surface area (Å²) in [7, 11) is 0. The molecule has 1 aliphatic rings. The number of aromatic nitrogens is 2. The van der Waals surface area contributed by atoms with Crippen molar-refractivity contribution in [2.24, 2.45) is 5.92 Å². The van der Waals surface area contributed by atoms with Crippen molar-refractivity contribution in [3.05, 3.63) is 47.3 Å². The topological polar surface area (TPSA) is 88.0 Å². The zero-order valence-electron chi connectivity index (χ0n) is 16.1. The summed E-state index contributed by atoms with van der Waals surface area (Å²) < 4.78 is 1.97. The van der Waals surface area contributed by atoms with Crippen molar-refractivity contribution in [3.8, 4) is 0 Å². The van der Waals surface area contributed by atoms with Gasteiger partial charge in [-0.1, -0.05) is 6.92 Å². The highest BCUT2D eigenvalue weighted by atomic mass is 16.2. The number of carbonyl (C=O) groups is 2. The molecule has 0 aliphatic heterocycles.